The summed E-state index contributed by atoms with van der Waals surface area (Å²) in [7, 11) is 0. The van der Waals surface area contributed by atoms with Crippen molar-refractivity contribution in [1.82, 2.24) is 19.8 Å². The number of thiophene rings is 1. The number of nitrogens with one attached hydrogen (secondary N) is 1. The molecule has 2 aromatic carbocycles. The number of aliphatic hydroxyl groups is 2. The molecular weight excluding hydrogens is 452 g/mol. The Balaban J connectivity index is 1.14. The van der Waals surface area contributed by atoms with Crippen molar-refractivity contribution in [3.05, 3.63) is 87.9 Å². The smallest absolute Gasteiger partial charge is 0.255 e. The first-order chi connectivity index (χ1) is 16.5. The Hall–Kier alpha value is -3.53. The van der Waals surface area contributed by atoms with Crippen molar-refractivity contribution in [2.24, 2.45) is 0 Å². The number of carbonyl (C=O) groups is 2. The molecule has 4 aromatic rings. The fourth-order valence-electron chi connectivity index (χ4n) is 4.17. The maximum atomic E-state index is 12.6. The quantitative estimate of drug-likeness (QED) is 0.378. The van der Waals surface area contributed by atoms with E-state index < -0.39 is 24.0 Å². The maximum absolute atomic E-state index is 12.6. The average molecular weight is 477 g/mol. The third kappa shape index (κ3) is 4.45. The Kier molecular flexibility index (Phi) is 6.14. The first-order valence-corrected chi connectivity index (χ1v) is 11.8. The van der Waals surface area contributed by atoms with Crippen LogP contribution in [0.4, 0.5) is 0 Å². The van der Waals surface area contributed by atoms with Crippen LogP contribution in [0.2, 0.25) is 0 Å². The molecule has 0 saturated heterocycles. The number of amides is 2. The van der Waals surface area contributed by atoms with Crippen molar-refractivity contribution in [3.63, 3.8) is 0 Å². The van der Waals surface area contributed by atoms with E-state index in [2.05, 4.69) is 14.9 Å². The summed E-state index contributed by atoms with van der Waals surface area (Å²) in [4.78, 5) is 31.8. The Labute approximate surface area is 200 Å². The van der Waals surface area contributed by atoms with Crippen LogP contribution in [0.15, 0.2) is 66.3 Å². The van der Waals surface area contributed by atoms with Crippen LogP contribution in [0, 0.1) is 0 Å². The molecule has 0 bridgehead atoms. The highest BCUT2D eigenvalue weighted by atomic mass is 32.1. The van der Waals surface area contributed by atoms with Crippen LogP contribution in [0.5, 0.6) is 0 Å². The van der Waals surface area contributed by atoms with Gasteiger partial charge in [-0.05, 0) is 40.3 Å². The molecule has 8 nitrogen and oxygen atoms in total. The van der Waals surface area contributed by atoms with Crippen molar-refractivity contribution in [3.8, 4) is 0 Å². The molecule has 3 N–H and O–H groups in total. The van der Waals surface area contributed by atoms with Gasteiger partial charge in [0.05, 0.1) is 23.9 Å². The largest absolute Gasteiger partial charge is 0.380 e. The number of benzene rings is 2. The zero-order valence-electron chi connectivity index (χ0n) is 18.3. The highest BCUT2D eigenvalue weighted by Gasteiger charge is 2.35. The van der Waals surface area contributed by atoms with E-state index in [0.717, 1.165) is 32.6 Å². The van der Waals surface area contributed by atoms with E-state index in [-0.39, 0.29) is 6.54 Å². The number of hydrogen-bond donors (Lipinski definition) is 3. The summed E-state index contributed by atoms with van der Waals surface area (Å²) in [6, 6.07) is 17.5. The van der Waals surface area contributed by atoms with E-state index >= 15 is 0 Å². The van der Waals surface area contributed by atoms with E-state index in [9.17, 15) is 19.8 Å². The molecule has 0 fully saturated rings. The third-order valence-corrected chi connectivity index (χ3v) is 6.98. The van der Waals surface area contributed by atoms with Crippen LogP contribution >= 0.6 is 11.3 Å². The molecule has 0 radical (unpaired) electrons. The van der Waals surface area contributed by atoms with Crippen LogP contribution in [0.25, 0.3) is 11.0 Å². The summed E-state index contributed by atoms with van der Waals surface area (Å²) in [6.45, 7) is 1.55. The van der Waals surface area contributed by atoms with Gasteiger partial charge in [-0.1, -0.05) is 36.4 Å². The predicted molar refractivity (Wildman–Crippen MR) is 128 cm³/mol. The number of fused-ring (bicyclic) bond motifs is 2. The zero-order chi connectivity index (χ0) is 23.7. The van der Waals surface area contributed by atoms with E-state index in [1.165, 1.54) is 16.2 Å². The summed E-state index contributed by atoms with van der Waals surface area (Å²) in [5.74, 6) is -1.45. The number of aliphatic hydroxyl groups excluding tert-OH is 2. The second kappa shape index (κ2) is 9.38. The second-order valence-electron chi connectivity index (χ2n) is 8.35. The van der Waals surface area contributed by atoms with Gasteiger partial charge in [-0.15, -0.1) is 11.3 Å². The third-order valence-electron chi connectivity index (χ3n) is 6.00. The number of rotatable bonds is 7. The number of hydrogen-bond acceptors (Lipinski definition) is 6. The molecule has 0 aliphatic carbocycles. The summed E-state index contributed by atoms with van der Waals surface area (Å²) in [5, 5.41) is 25.2. The molecule has 1 aliphatic heterocycles. The van der Waals surface area contributed by atoms with Crippen LogP contribution < -0.4 is 5.32 Å². The Morgan fingerprint density at radius 2 is 1.74 bits per heavy atom. The van der Waals surface area contributed by atoms with Gasteiger partial charge < -0.3 is 25.0 Å². The van der Waals surface area contributed by atoms with Crippen LogP contribution in [0.1, 0.15) is 21.6 Å². The van der Waals surface area contributed by atoms with Gasteiger partial charge in [0.1, 0.15) is 0 Å². The van der Waals surface area contributed by atoms with E-state index in [0.29, 0.717) is 19.6 Å². The average Bonchev–Trinajstić information content (AvgIpc) is 3.60. The van der Waals surface area contributed by atoms with Gasteiger partial charge in [-0.2, -0.15) is 0 Å². The van der Waals surface area contributed by atoms with E-state index in [4.69, 9.17) is 0 Å². The lowest BCUT2D eigenvalue weighted by atomic mass is 10.1. The number of nitrogens with zero attached hydrogens (tertiary/aromatic N) is 3. The van der Waals surface area contributed by atoms with Gasteiger partial charge in [0, 0.05) is 24.5 Å². The van der Waals surface area contributed by atoms with Gasteiger partial charge in [-0.25, -0.2) is 4.98 Å². The number of imidazole rings is 1. The molecule has 34 heavy (non-hydrogen) atoms. The van der Waals surface area contributed by atoms with Crippen LogP contribution in [-0.2, 0) is 35.8 Å². The monoisotopic (exact) mass is 476 g/mol. The van der Waals surface area contributed by atoms with Gasteiger partial charge in [0.15, 0.2) is 12.2 Å². The molecule has 0 unspecified atom stereocenters. The Bertz CT molecular complexity index is 1320. The lowest BCUT2D eigenvalue weighted by Gasteiger charge is -2.22. The predicted octanol–water partition coefficient (Wildman–Crippen LogP) is 2.03. The second-order valence-corrected chi connectivity index (χ2v) is 9.35. The molecule has 9 heteroatoms. The summed E-state index contributed by atoms with van der Waals surface area (Å²) >= 11 is 1.49. The minimum Gasteiger partial charge on any atom is -0.380 e. The number of para-hydroxylation sites is 2. The van der Waals surface area contributed by atoms with Gasteiger partial charge in [0.2, 0.25) is 0 Å². The molecule has 3 heterocycles. The van der Waals surface area contributed by atoms with Crippen LogP contribution in [0.3, 0.4) is 0 Å². The topological polar surface area (TPSA) is 108 Å². The van der Waals surface area contributed by atoms with Crippen molar-refractivity contribution in [2.45, 2.75) is 38.4 Å². The molecule has 0 spiro atoms. The fourth-order valence-corrected chi connectivity index (χ4v) is 4.99. The molecule has 2 aromatic heterocycles. The van der Waals surface area contributed by atoms with E-state index in [1.807, 2.05) is 60.0 Å². The zero-order valence-corrected chi connectivity index (χ0v) is 19.1. The van der Waals surface area contributed by atoms with Crippen molar-refractivity contribution < 1.29 is 19.8 Å². The Morgan fingerprint density at radius 1 is 1.03 bits per heavy atom. The molecule has 174 valence electrons. The van der Waals surface area contributed by atoms with Crippen molar-refractivity contribution in [1.29, 1.82) is 0 Å². The lowest BCUT2D eigenvalue weighted by Crippen LogP contribution is -2.49. The maximum Gasteiger partial charge on any atom is 0.255 e. The molecule has 2 atom stereocenters. The SMILES string of the molecule is O=C(NCc1cc(Cn2cnc3ccccc32)cs1)[C@H](O)[C@@H](O)C(=O)N1Cc2ccccc2C1. The molecular formula is C25H24N4O4S. The number of aromatic nitrogens is 2. The normalized spacial score (nSPS) is 14.7. The molecule has 0 saturated carbocycles. The highest BCUT2D eigenvalue weighted by Crippen LogP contribution is 2.23. The first-order valence-electron chi connectivity index (χ1n) is 10.9. The minimum absolute atomic E-state index is 0.196. The lowest BCUT2D eigenvalue weighted by molar-refractivity contribution is -0.153. The summed E-state index contributed by atoms with van der Waals surface area (Å²) in [6.07, 6.45) is -1.85. The summed E-state index contributed by atoms with van der Waals surface area (Å²) in [5.41, 5.74) is 5.05. The fraction of sp³-hybridized carbons (Fsp3) is 0.240. The van der Waals surface area contributed by atoms with Gasteiger partial charge in [-0.3, -0.25) is 9.59 Å². The molecule has 1 aliphatic rings. The Morgan fingerprint density at radius 3 is 2.50 bits per heavy atom. The molecule has 5 rings (SSSR count). The van der Waals surface area contributed by atoms with Gasteiger partial charge in [0.25, 0.3) is 11.8 Å². The van der Waals surface area contributed by atoms with Crippen LogP contribution in [-0.4, -0.2) is 48.7 Å². The summed E-state index contributed by atoms with van der Waals surface area (Å²) < 4.78 is 2.06. The minimum atomic E-state index is -1.84. The van der Waals surface area contributed by atoms with Crippen molar-refractivity contribution >= 4 is 34.2 Å². The first kappa shape index (κ1) is 22.3. The number of carbonyl (C=O) groups excluding carboxylic acids is 2. The highest BCUT2D eigenvalue weighted by molar-refractivity contribution is 7.10. The molecule has 2 amide bonds. The standard InChI is InChI=1S/C25H24N4O4S/c30-22(23(31)25(33)28-12-17-5-1-2-6-18(17)13-28)24(32)26-10-19-9-16(14-34-19)11-29-15-27-20-7-3-4-8-21(20)29/h1-9,14-15,22-23,30-31H,10-13H2,(H,26,32)/t22-,23-/m1/s1. The van der Waals surface area contributed by atoms with E-state index in [1.54, 1.807) is 6.33 Å². The van der Waals surface area contributed by atoms with Gasteiger partial charge >= 0.3 is 0 Å². The van der Waals surface area contributed by atoms with Crippen molar-refractivity contribution in [2.75, 3.05) is 0 Å².